The first-order valence-electron chi connectivity index (χ1n) is 13.4. The minimum atomic E-state index is -1.09. The van der Waals surface area contributed by atoms with Crippen LogP contribution in [0.4, 0.5) is 0 Å². The third-order valence-corrected chi connectivity index (χ3v) is 7.30. The highest BCUT2D eigenvalue weighted by molar-refractivity contribution is 6.08. The molecule has 0 aromatic heterocycles. The first-order chi connectivity index (χ1) is 19.1. The number of nitrogens with one attached hydrogen (secondary N) is 1. The summed E-state index contributed by atoms with van der Waals surface area (Å²) in [6.07, 6.45) is 0. The van der Waals surface area contributed by atoms with Crippen LogP contribution in [0.2, 0.25) is 0 Å². The van der Waals surface area contributed by atoms with Crippen LogP contribution in [-0.2, 0) is 14.3 Å². The van der Waals surface area contributed by atoms with Crippen LogP contribution in [0.3, 0.4) is 0 Å². The van der Waals surface area contributed by atoms with Gasteiger partial charge in [-0.05, 0) is 24.1 Å². The SMILES string of the molecule is CCOC(=O)[C@H]1C(=O)NC(N2CCN(C(c3ccccc3)c3ccccc3)CC2)=N[C@@H]1c1ccccc1OC. The third kappa shape index (κ3) is 5.66. The van der Waals surface area contributed by atoms with Crippen LogP contribution in [-0.4, -0.2) is 67.5 Å². The van der Waals surface area contributed by atoms with Gasteiger partial charge in [0.2, 0.25) is 11.9 Å². The van der Waals surface area contributed by atoms with Crippen molar-refractivity contribution in [1.29, 1.82) is 0 Å². The summed E-state index contributed by atoms with van der Waals surface area (Å²) >= 11 is 0. The van der Waals surface area contributed by atoms with E-state index in [1.807, 2.05) is 36.4 Å². The predicted octanol–water partition coefficient (Wildman–Crippen LogP) is 3.81. The van der Waals surface area contributed by atoms with E-state index in [9.17, 15) is 9.59 Å². The van der Waals surface area contributed by atoms with E-state index in [4.69, 9.17) is 14.5 Å². The molecule has 3 aromatic rings. The number of piperazine rings is 1. The molecule has 0 aliphatic carbocycles. The van der Waals surface area contributed by atoms with Crippen molar-refractivity contribution >= 4 is 17.8 Å². The maximum atomic E-state index is 13.3. The fraction of sp³-hybridized carbons (Fsp3) is 0.323. The average Bonchev–Trinajstić information content (AvgIpc) is 2.98. The van der Waals surface area contributed by atoms with Crippen LogP contribution in [0.15, 0.2) is 89.9 Å². The van der Waals surface area contributed by atoms with Gasteiger partial charge in [-0.2, -0.15) is 0 Å². The monoisotopic (exact) mass is 526 g/mol. The number of ether oxygens (including phenoxy) is 2. The summed E-state index contributed by atoms with van der Waals surface area (Å²) in [6.45, 7) is 4.83. The number of benzene rings is 3. The highest BCUT2D eigenvalue weighted by Gasteiger charge is 2.43. The molecule has 8 nitrogen and oxygen atoms in total. The number of para-hydroxylation sites is 1. The van der Waals surface area contributed by atoms with Gasteiger partial charge in [0.05, 0.1) is 19.8 Å². The fourth-order valence-corrected chi connectivity index (χ4v) is 5.44. The summed E-state index contributed by atoms with van der Waals surface area (Å²) < 4.78 is 10.8. The molecule has 202 valence electrons. The number of hydrogen-bond acceptors (Lipinski definition) is 7. The average molecular weight is 527 g/mol. The first-order valence-corrected chi connectivity index (χ1v) is 13.4. The van der Waals surface area contributed by atoms with E-state index in [1.165, 1.54) is 11.1 Å². The highest BCUT2D eigenvalue weighted by atomic mass is 16.5. The van der Waals surface area contributed by atoms with E-state index in [1.54, 1.807) is 14.0 Å². The molecule has 1 N–H and O–H groups in total. The van der Waals surface area contributed by atoms with Crippen LogP contribution in [0, 0.1) is 5.92 Å². The molecule has 0 spiro atoms. The second-order valence-corrected chi connectivity index (χ2v) is 9.61. The molecule has 2 aliphatic heterocycles. The van der Waals surface area contributed by atoms with Gasteiger partial charge >= 0.3 is 5.97 Å². The van der Waals surface area contributed by atoms with Gasteiger partial charge in [0.1, 0.15) is 11.8 Å². The topological polar surface area (TPSA) is 83.5 Å². The zero-order valence-corrected chi connectivity index (χ0v) is 22.3. The molecule has 8 heteroatoms. The van der Waals surface area contributed by atoms with Crippen LogP contribution >= 0.6 is 0 Å². The quantitative estimate of drug-likeness (QED) is 0.373. The van der Waals surface area contributed by atoms with E-state index in [0.29, 0.717) is 30.4 Å². The maximum Gasteiger partial charge on any atom is 0.321 e. The number of esters is 1. The lowest BCUT2D eigenvalue weighted by Crippen LogP contribution is -2.57. The smallest absolute Gasteiger partial charge is 0.321 e. The first kappa shape index (κ1) is 26.4. The number of guanidine groups is 1. The van der Waals surface area contributed by atoms with E-state index in [-0.39, 0.29) is 12.6 Å². The van der Waals surface area contributed by atoms with Gasteiger partial charge in [0.15, 0.2) is 5.92 Å². The summed E-state index contributed by atoms with van der Waals surface area (Å²) in [7, 11) is 1.57. The summed E-state index contributed by atoms with van der Waals surface area (Å²) in [5, 5.41) is 2.90. The van der Waals surface area contributed by atoms with Crippen molar-refractivity contribution in [2.75, 3.05) is 39.9 Å². The Morgan fingerprint density at radius 3 is 2.10 bits per heavy atom. The van der Waals surface area contributed by atoms with Crippen LogP contribution in [0.5, 0.6) is 5.75 Å². The lowest BCUT2D eigenvalue weighted by atomic mass is 9.90. The Balaban J connectivity index is 1.40. The van der Waals surface area contributed by atoms with Gasteiger partial charge in [-0.3, -0.25) is 19.8 Å². The number of methoxy groups -OCH3 is 1. The number of hydrogen-bond donors (Lipinski definition) is 1. The number of rotatable bonds is 7. The van der Waals surface area contributed by atoms with Gasteiger partial charge in [-0.1, -0.05) is 78.9 Å². The van der Waals surface area contributed by atoms with Gasteiger partial charge in [-0.25, -0.2) is 4.99 Å². The summed E-state index contributed by atoms with van der Waals surface area (Å²) in [6, 6.07) is 27.8. The maximum absolute atomic E-state index is 13.3. The Labute approximate surface area is 229 Å². The predicted molar refractivity (Wildman–Crippen MR) is 149 cm³/mol. The Bertz CT molecular complexity index is 1270. The van der Waals surface area contributed by atoms with E-state index in [0.717, 1.165) is 13.1 Å². The Morgan fingerprint density at radius 2 is 1.51 bits per heavy atom. The molecule has 1 amide bonds. The van der Waals surface area contributed by atoms with E-state index < -0.39 is 23.8 Å². The number of amides is 1. The normalized spacial score (nSPS) is 19.8. The molecule has 2 aliphatic rings. The minimum absolute atomic E-state index is 0.131. The van der Waals surface area contributed by atoms with Crippen molar-refractivity contribution in [2.24, 2.45) is 10.9 Å². The van der Waals surface area contributed by atoms with Gasteiger partial charge in [-0.15, -0.1) is 0 Å². The molecule has 0 saturated carbocycles. The number of carbonyl (C=O) groups is 2. The molecular formula is C31H34N4O4. The lowest BCUT2D eigenvalue weighted by Gasteiger charge is -2.42. The van der Waals surface area contributed by atoms with E-state index >= 15 is 0 Å². The molecule has 39 heavy (non-hydrogen) atoms. The molecule has 1 saturated heterocycles. The molecule has 1 fully saturated rings. The summed E-state index contributed by atoms with van der Waals surface area (Å²) in [4.78, 5) is 35.6. The molecule has 2 atom stereocenters. The molecule has 5 rings (SSSR count). The molecule has 3 aromatic carbocycles. The van der Waals surface area contributed by atoms with Crippen LogP contribution < -0.4 is 10.1 Å². The minimum Gasteiger partial charge on any atom is -0.496 e. The van der Waals surface area contributed by atoms with Crippen molar-refractivity contribution in [3.63, 3.8) is 0 Å². The zero-order valence-electron chi connectivity index (χ0n) is 22.3. The van der Waals surface area contributed by atoms with Gasteiger partial charge in [0, 0.05) is 31.7 Å². The number of carbonyl (C=O) groups excluding carboxylic acids is 2. The third-order valence-electron chi connectivity index (χ3n) is 7.30. The van der Waals surface area contributed by atoms with Crippen molar-refractivity contribution in [1.82, 2.24) is 15.1 Å². The molecule has 0 unspecified atom stereocenters. The second-order valence-electron chi connectivity index (χ2n) is 9.61. The Morgan fingerprint density at radius 1 is 0.923 bits per heavy atom. The largest absolute Gasteiger partial charge is 0.496 e. The van der Waals surface area contributed by atoms with Crippen LogP contribution in [0.1, 0.15) is 35.7 Å². The molecular weight excluding hydrogens is 492 g/mol. The highest BCUT2D eigenvalue weighted by Crippen LogP contribution is 2.36. The van der Waals surface area contributed by atoms with Crippen molar-refractivity contribution < 1.29 is 19.1 Å². The summed E-state index contributed by atoms with van der Waals surface area (Å²) in [5.41, 5.74) is 3.17. The zero-order chi connectivity index (χ0) is 27.2. The second kappa shape index (κ2) is 12.1. The van der Waals surface area contributed by atoms with Gasteiger partial charge in [0.25, 0.3) is 0 Å². The lowest BCUT2D eigenvalue weighted by molar-refractivity contribution is -0.153. The van der Waals surface area contributed by atoms with Crippen molar-refractivity contribution in [2.45, 2.75) is 19.0 Å². The Hall–Kier alpha value is -4.17. The van der Waals surface area contributed by atoms with Crippen molar-refractivity contribution in [3.05, 3.63) is 102 Å². The molecule has 2 heterocycles. The van der Waals surface area contributed by atoms with Gasteiger partial charge < -0.3 is 14.4 Å². The summed E-state index contributed by atoms with van der Waals surface area (Å²) in [5.74, 6) is -1.04. The van der Waals surface area contributed by atoms with Crippen LogP contribution in [0.25, 0.3) is 0 Å². The number of nitrogens with zero attached hydrogens (tertiary/aromatic N) is 3. The molecule has 0 bridgehead atoms. The fourth-order valence-electron chi connectivity index (χ4n) is 5.44. The Kier molecular flexibility index (Phi) is 8.22. The van der Waals surface area contributed by atoms with Crippen molar-refractivity contribution in [3.8, 4) is 5.75 Å². The van der Waals surface area contributed by atoms with E-state index in [2.05, 4.69) is 63.6 Å². The number of aliphatic imine (C=N–C) groups is 1. The molecule has 0 radical (unpaired) electrons. The standard InChI is InChI=1S/C31H34N4O4/c1-3-39-30(37)26-27(24-16-10-11-17-25(24)38-2)32-31(33-29(26)36)35-20-18-34(19-21-35)28(22-12-6-4-7-13-22)23-14-8-5-9-15-23/h4-17,26-28H,3,18-21H2,1-2H3,(H,32,33,36)/t26-,27-/m1/s1.